The van der Waals surface area contributed by atoms with Crippen molar-refractivity contribution in [3.63, 3.8) is 0 Å². The summed E-state index contributed by atoms with van der Waals surface area (Å²) in [5.74, 6) is -0.709. The molecular weight excluding hydrogens is 403 g/mol. The van der Waals surface area contributed by atoms with Gasteiger partial charge in [-0.15, -0.1) is 0 Å². The molecule has 0 amide bonds. The lowest BCUT2D eigenvalue weighted by molar-refractivity contribution is -0.150. The van der Waals surface area contributed by atoms with E-state index in [1.807, 2.05) is 36.4 Å². The molecule has 2 aromatic rings. The maximum absolute atomic E-state index is 12.5. The maximum atomic E-state index is 12.5. The Morgan fingerprint density at radius 3 is 2.06 bits per heavy atom. The van der Waals surface area contributed by atoms with E-state index in [1.54, 1.807) is 7.05 Å². The van der Waals surface area contributed by atoms with E-state index in [0.29, 0.717) is 19.4 Å². The predicted molar refractivity (Wildman–Crippen MR) is 127 cm³/mol. The Bertz CT molecular complexity index is 795. The van der Waals surface area contributed by atoms with Crippen molar-refractivity contribution < 1.29 is 19.9 Å². The first-order valence-electron chi connectivity index (χ1n) is 11.5. The van der Waals surface area contributed by atoms with E-state index in [0.717, 1.165) is 25.9 Å². The quantitative estimate of drug-likeness (QED) is 0.403. The van der Waals surface area contributed by atoms with Gasteiger partial charge in [0, 0.05) is 25.6 Å². The van der Waals surface area contributed by atoms with Gasteiger partial charge in [-0.25, -0.2) is 0 Å². The number of hydrogen-bond acceptors (Lipinski definition) is 5. The first kappa shape index (κ1) is 24.5. The van der Waals surface area contributed by atoms with E-state index < -0.39 is 18.6 Å². The number of carboxylic acids is 1. The fourth-order valence-electron chi connectivity index (χ4n) is 5.14. The van der Waals surface area contributed by atoms with Gasteiger partial charge in [0.05, 0.1) is 0 Å². The Balaban J connectivity index is 1.79. The summed E-state index contributed by atoms with van der Waals surface area (Å²) in [6, 6.07) is 20.6. The van der Waals surface area contributed by atoms with Gasteiger partial charge in [0.1, 0.15) is 5.54 Å². The van der Waals surface area contributed by atoms with E-state index in [1.165, 1.54) is 11.1 Å². The number of rotatable bonds is 11. The van der Waals surface area contributed by atoms with Crippen molar-refractivity contribution in [3.8, 4) is 0 Å². The number of likely N-dealkylation sites (N-methyl/N-ethyl adjacent to an activating group) is 1. The number of aliphatic carboxylic acids is 1. The zero-order valence-electron chi connectivity index (χ0n) is 18.9. The van der Waals surface area contributed by atoms with Crippen molar-refractivity contribution in [2.45, 2.75) is 50.6 Å². The lowest BCUT2D eigenvalue weighted by Crippen LogP contribution is -2.61. The Morgan fingerprint density at radius 2 is 1.59 bits per heavy atom. The van der Waals surface area contributed by atoms with E-state index in [9.17, 15) is 19.9 Å². The van der Waals surface area contributed by atoms with Gasteiger partial charge in [0.25, 0.3) is 0 Å². The molecule has 0 aliphatic heterocycles. The molecule has 7 heteroatoms. The number of benzene rings is 2. The average molecular weight is 438 g/mol. The highest BCUT2D eigenvalue weighted by atomic mass is 16.4. The molecule has 0 saturated heterocycles. The molecule has 32 heavy (non-hydrogen) atoms. The fraction of sp³-hybridized carbons (Fsp3) is 0.480. The summed E-state index contributed by atoms with van der Waals surface area (Å²) in [6.45, 7) is 2.18. The van der Waals surface area contributed by atoms with Crippen LogP contribution in [0.3, 0.4) is 0 Å². The van der Waals surface area contributed by atoms with Gasteiger partial charge in [-0.2, -0.15) is 0 Å². The van der Waals surface area contributed by atoms with Crippen LogP contribution in [0.15, 0.2) is 60.7 Å². The maximum Gasteiger partial charge on any atom is 0.451 e. The molecule has 0 aromatic heterocycles. The van der Waals surface area contributed by atoms with Crippen molar-refractivity contribution in [3.05, 3.63) is 71.8 Å². The molecule has 4 N–H and O–H groups in total. The zero-order chi connectivity index (χ0) is 23.0. The van der Waals surface area contributed by atoms with Crippen LogP contribution in [0.5, 0.6) is 0 Å². The lowest BCUT2D eigenvalue weighted by atomic mass is 9.65. The summed E-state index contributed by atoms with van der Waals surface area (Å²) in [4.78, 5) is 14.9. The Kier molecular flexibility index (Phi) is 8.88. The molecule has 0 heterocycles. The van der Waals surface area contributed by atoms with Crippen molar-refractivity contribution in [1.29, 1.82) is 0 Å². The molecule has 3 atom stereocenters. The van der Waals surface area contributed by atoms with Crippen LogP contribution in [-0.4, -0.2) is 52.3 Å². The number of carbonyl (C=O) groups is 1. The number of nitrogens with zero attached hydrogens (tertiary/aromatic N) is 1. The monoisotopic (exact) mass is 438 g/mol. The molecule has 1 fully saturated rings. The Morgan fingerprint density at radius 1 is 1.03 bits per heavy atom. The minimum absolute atomic E-state index is 0.0484. The van der Waals surface area contributed by atoms with Crippen molar-refractivity contribution in [2.75, 3.05) is 13.6 Å². The van der Waals surface area contributed by atoms with Crippen LogP contribution in [0.1, 0.15) is 36.8 Å². The second kappa shape index (κ2) is 11.6. The first-order chi connectivity index (χ1) is 15.4. The van der Waals surface area contributed by atoms with Gasteiger partial charge < -0.3 is 20.5 Å². The molecule has 2 aromatic carbocycles. The summed E-state index contributed by atoms with van der Waals surface area (Å²) < 4.78 is 0. The van der Waals surface area contributed by atoms with E-state index >= 15 is 0 Å². The minimum Gasteiger partial charge on any atom is -0.480 e. The van der Waals surface area contributed by atoms with Gasteiger partial charge in [0.15, 0.2) is 0 Å². The molecule has 1 aliphatic carbocycles. The molecule has 3 rings (SSSR count). The van der Waals surface area contributed by atoms with Crippen molar-refractivity contribution >= 4 is 13.1 Å². The molecule has 0 spiro atoms. The molecule has 0 unspecified atom stereocenters. The van der Waals surface area contributed by atoms with E-state index in [-0.39, 0.29) is 18.2 Å². The second-order valence-electron chi connectivity index (χ2n) is 9.07. The number of carboxylic acid groups (broad SMARTS) is 1. The van der Waals surface area contributed by atoms with Crippen molar-refractivity contribution in [1.82, 2.24) is 10.2 Å². The highest BCUT2D eigenvalue weighted by Crippen LogP contribution is 2.40. The fourth-order valence-corrected chi connectivity index (χ4v) is 5.14. The van der Waals surface area contributed by atoms with Gasteiger partial charge >= 0.3 is 13.1 Å². The average Bonchev–Trinajstić information content (AvgIpc) is 2.79. The van der Waals surface area contributed by atoms with Crippen LogP contribution in [-0.2, 0) is 17.9 Å². The lowest BCUT2D eigenvalue weighted by Gasteiger charge is -2.45. The van der Waals surface area contributed by atoms with Crippen LogP contribution < -0.4 is 5.32 Å². The van der Waals surface area contributed by atoms with Crippen LogP contribution in [0, 0.1) is 11.8 Å². The van der Waals surface area contributed by atoms with Crippen molar-refractivity contribution in [2.24, 2.45) is 11.8 Å². The minimum atomic E-state index is -1.34. The Labute approximate surface area is 191 Å². The van der Waals surface area contributed by atoms with Crippen LogP contribution in [0.4, 0.5) is 0 Å². The molecule has 0 radical (unpaired) electrons. The summed E-state index contributed by atoms with van der Waals surface area (Å²) >= 11 is 0. The van der Waals surface area contributed by atoms with Crippen LogP contribution in [0.25, 0.3) is 0 Å². The van der Waals surface area contributed by atoms with Gasteiger partial charge in [-0.05, 0) is 49.7 Å². The van der Waals surface area contributed by atoms with Gasteiger partial charge in [0.2, 0.25) is 0 Å². The van der Waals surface area contributed by atoms with Gasteiger partial charge in [-0.1, -0.05) is 67.1 Å². The summed E-state index contributed by atoms with van der Waals surface area (Å²) in [7, 11) is 0.400. The molecule has 1 aliphatic rings. The molecule has 1 saturated carbocycles. The van der Waals surface area contributed by atoms with Crippen LogP contribution in [0.2, 0.25) is 6.32 Å². The van der Waals surface area contributed by atoms with E-state index in [4.69, 9.17) is 0 Å². The normalized spacial score (nSPS) is 23.2. The first-order valence-corrected chi connectivity index (χ1v) is 11.5. The number of nitrogens with one attached hydrogen (secondary N) is 1. The third-order valence-corrected chi connectivity index (χ3v) is 6.87. The highest BCUT2D eigenvalue weighted by molar-refractivity contribution is 6.40. The summed E-state index contributed by atoms with van der Waals surface area (Å²) in [5.41, 5.74) is 1.40. The highest BCUT2D eigenvalue weighted by Gasteiger charge is 2.49. The third kappa shape index (κ3) is 6.42. The van der Waals surface area contributed by atoms with Crippen LogP contribution >= 0.6 is 0 Å². The smallest absolute Gasteiger partial charge is 0.451 e. The zero-order valence-corrected chi connectivity index (χ0v) is 18.9. The topological polar surface area (TPSA) is 93.0 Å². The number of hydrogen-bond donors (Lipinski definition) is 4. The molecule has 6 nitrogen and oxygen atoms in total. The second-order valence-corrected chi connectivity index (χ2v) is 9.07. The third-order valence-electron chi connectivity index (χ3n) is 6.87. The largest absolute Gasteiger partial charge is 0.480 e. The molecular formula is C25H35BN2O4. The van der Waals surface area contributed by atoms with E-state index in [2.05, 4.69) is 34.5 Å². The van der Waals surface area contributed by atoms with Gasteiger partial charge in [-0.3, -0.25) is 9.69 Å². The Hall–Kier alpha value is -2.19. The summed E-state index contributed by atoms with van der Waals surface area (Å²) in [5, 5.41) is 31.9. The standard InChI is InChI=1S/C25H35BN2O4/c1-27-25(24(29)30)16-20(14-15-26(31)32)12-13-23(25)19-28(17-21-8-4-2-5-9-21)18-22-10-6-3-7-11-22/h2-11,20,23,27,31-32H,12-19H2,1H3,(H,29,30)/t20-,23-,25+/m0/s1. The summed E-state index contributed by atoms with van der Waals surface area (Å²) in [6.07, 6.45) is 3.10. The molecule has 0 bridgehead atoms. The SMILES string of the molecule is CN[C@]1(C(=O)O)C[C@H](CCB(O)O)CC[C@H]1CN(Cc1ccccc1)Cc1ccccc1. The predicted octanol–water partition coefficient (Wildman–Crippen LogP) is 3.01. The molecule has 172 valence electrons.